The molecule has 0 spiro atoms. The number of nitrogens with zero attached hydrogens (tertiary/aromatic N) is 1. The van der Waals surface area contributed by atoms with Gasteiger partial charge >= 0.3 is 0 Å². The van der Waals surface area contributed by atoms with Crippen LogP contribution in [-0.4, -0.2) is 60.3 Å². The molecule has 0 radical (unpaired) electrons. The summed E-state index contributed by atoms with van der Waals surface area (Å²) < 4.78 is 0. The number of hydrogen-bond donors (Lipinski definition) is 7. The molecule has 0 aliphatic rings. The zero-order chi connectivity index (χ0) is 31.1. The van der Waals surface area contributed by atoms with Gasteiger partial charge in [-0.15, -0.1) is 0 Å². The van der Waals surface area contributed by atoms with Gasteiger partial charge in [0.25, 0.3) is 0 Å². The van der Waals surface area contributed by atoms with Crippen molar-refractivity contribution in [3.8, 4) is 0 Å². The second kappa shape index (κ2) is 17.4. The topological polar surface area (TPSA) is 221 Å². The van der Waals surface area contributed by atoms with Gasteiger partial charge in [0.1, 0.15) is 18.1 Å². The molecule has 228 valence electrons. The number of hydrogen-bond acceptors (Lipinski definition) is 6. The van der Waals surface area contributed by atoms with Crippen molar-refractivity contribution in [3.63, 3.8) is 0 Å². The van der Waals surface area contributed by atoms with E-state index in [2.05, 4.69) is 20.9 Å². The van der Waals surface area contributed by atoms with E-state index in [4.69, 9.17) is 22.9 Å². The molecule has 0 saturated heterocycles. The molecule has 12 nitrogen and oxygen atoms in total. The highest BCUT2D eigenvalue weighted by Gasteiger charge is 2.32. The number of primary amides is 1. The van der Waals surface area contributed by atoms with Gasteiger partial charge in [0.05, 0.1) is 6.04 Å². The zero-order valence-electron chi connectivity index (χ0n) is 24.3. The minimum Gasteiger partial charge on any atom is -0.370 e. The van der Waals surface area contributed by atoms with Crippen LogP contribution < -0.4 is 38.9 Å². The number of aliphatic imine (C=N–C) groups is 1. The molecule has 0 aliphatic heterocycles. The number of carbonyl (C=O) groups excluding carboxylic acids is 4. The van der Waals surface area contributed by atoms with Gasteiger partial charge in [-0.25, -0.2) is 0 Å². The highest BCUT2D eigenvalue weighted by atomic mass is 16.2. The minimum absolute atomic E-state index is 0.0765. The Hall–Kier alpha value is -4.45. The van der Waals surface area contributed by atoms with Gasteiger partial charge in [0.15, 0.2) is 5.96 Å². The normalized spacial score (nSPS) is 14.4. The third-order valence-corrected chi connectivity index (χ3v) is 6.95. The largest absolute Gasteiger partial charge is 0.370 e. The molecule has 42 heavy (non-hydrogen) atoms. The molecule has 5 atom stereocenters. The molecular weight excluding hydrogens is 536 g/mol. The van der Waals surface area contributed by atoms with Crippen molar-refractivity contribution in [1.29, 1.82) is 0 Å². The summed E-state index contributed by atoms with van der Waals surface area (Å²) in [5, 5.41) is 8.22. The molecule has 0 bridgehead atoms. The highest BCUT2D eigenvalue weighted by molar-refractivity contribution is 5.94. The third-order valence-electron chi connectivity index (χ3n) is 6.95. The van der Waals surface area contributed by atoms with Crippen molar-refractivity contribution in [2.45, 2.75) is 70.1 Å². The standard InChI is InChI=1S/C30H44N8O4/c1-3-19(2)25(29(42)36-23(26(32)39)15-10-16-35-30(33)34)38-28(41)24(18-21-13-8-5-9-14-21)37-27(40)22(31)17-20-11-6-4-7-12-20/h4-9,11-14,19,22-25H,3,10,15-18,31H2,1-2H3,(H2,32,39)(H,36,42)(H,37,40)(H,38,41)(H4,33,34,35)/t19-,22-,23-,24-,25+/m0/s1. The molecule has 11 N–H and O–H groups in total. The van der Waals surface area contributed by atoms with Crippen LogP contribution in [0.15, 0.2) is 65.7 Å². The van der Waals surface area contributed by atoms with E-state index in [0.717, 1.165) is 11.1 Å². The van der Waals surface area contributed by atoms with E-state index >= 15 is 0 Å². The first-order chi connectivity index (χ1) is 20.0. The molecule has 0 heterocycles. The fraction of sp³-hybridized carbons (Fsp3) is 0.433. The van der Waals surface area contributed by atoms with Gasteiger partial charge in [-0.2, -0.15) is 0 Å². The predicted octanol–water partition coefficient (Wildman–Crippen LogP) is -0.161. The van der Waals surface area contributed by atoms with Crippen LogP contribution in [0.25, 0.3) is 0 Å². The maximum Gasteiger partial charge on any atom is 0.243 e. The molecule has 0 fully saturated rings. The quantitative estimate of drug-likeness (QED) is 0.0760. The van der Waals surface area contributed by atoms with Gasteiger partial charge in [0.2, 0.25) is 23.6 Å². The summed E-state index contributed by atoms with van der Waals surface area (Å²) in [6.07, 6.45) is 1.65. The van der Waals surface area contributed by atoms with Gasteiger partial charge in [-0.1, -0.05) is 80.9 Å². The van der Waals surface area contributed by atoms with E-state index in [9.17, 15) is 19.2 Å². The molecule has 0 saturated carbocycles. The monoisotopic (exact) mass is 580 g/mol. The van der Waals surface area contributed by atoms with Gasteiger partial charge in [-0.05, 0) is 36.3 Å². The SMILES string of the molecule is CC[C@H](C)[C@@H](NC(=O)[C@H](Cc1ccccc1)NC(=O)[C@@H](N)Cc1ccccc1)C(=O)N[C@@H](CCCN=C(N)N)C(N)=O. The fourth-order valence-electron chi connectivity index (χ4n) is 4.30. The summed E-state index contributed by atoms with van der Waals surface area (Å²) in [6.45, 7) is 3.95. The van der Waals surface area contributed by atoms with E-state index < -0.39 is 47.8 Å². The van der Waals surface area contributed by atoms with E-state index in [0.29, 0.717) is 19.3 Å². The lowest BCUT2D eigenvalue weighted by atomic mass is 9.96. The van der Waals surface area contributed by atoms with Crippen molar-refractivity contribution < 1.29 is 19.2 Å². The fourth-order valence-corrected chi connectivity index (χ4v) is 4.30. The molecule has 2 aromatic carbocycles. The molecule has 2 rings (SSSR count). The van der Waals surface area contributed by atoms with Crippen molar-refractivity contribution >= 4 is 29.6 Å². The summed E-state index contributed by atoms with van der Waals surface area (Å²) >= 11 is 0. The minimum atomic E-state index is -1.01. The number of nitrogens with two attached hydrogens (primary N) is 4. The predicted molar refractivity (Wildman–Crippen MR) is 163 cm³/mol. The Morgan fingerprint density at radius 1 is 0.762 bits per heavy atom. The van der Waals surface area contributed by atoms with Crippen LogP contribution in [0.2, 0.25) is 0 Å². The van der Waals surface area contributed by atoms with Crippen LogP contribution >= 0.6 is 0 Å². The first-order valence-corrected chi connectivity index (χ1v) is 14.1. The van der Waals surface area contributed by atoms with Crippen LogP contribution in [0.5, 0.6) is 0 Å². The van der Waals surface area contributed by atoms with Crippen molar-refractivity contribution in [3.05, 3.63) is 71.8 Å². The number of rotatable bonds is 17. The van der Waals surface area contributed by atoms with Crippen LogP contribution in [0, 0.1) is 5.92 Å². The van der Waals surface area contributed by atoms with Crippen LogP contribution in [0.4, 0.5) is 0 Å². The Bertz CT molecular complexity index is 1190. The average molecular weight is 581 g/mol. The summed E-state index contributed by atoms with van der Waals surface area (Å²) in [7, 11) is 0. The molecule has 4 amide bonds. The average Bonchev–Trinajstić information content (AvgIpc) is 2.97. The second-order valence-corrected chi connectivity index (χ2v) is 10.3. The summed E-state index contributed by atoms with van der Waals surface area (Å²) in [6, 6.07) is 14.7. The van der Waals surface area contributed by atoms with Crippen LogP contribution in [0.1, 0.15) is 44.2 Å². The summed E-state index contributed by atoms with van der Waals surface area (Å²) in [5.74, 6) is -2.69. The Kier molecular flexibility index (Phi) is 14.0. The Labute approximate surface area is 247 Å². The zero-order valence-corrected chi connectivity index (χ0v) is 24.3. The number of carbonyl (C=O) groups is 4. The number of nitrogens with one attached hydrogen (secondary N) is 3. The van der Waals surface area contributed by atoms with E-state index in [-0.39, 0.29) is 31.3 Å². The molecule has 2 aromatic rings. The lowest BCUT2D eigenvalue weighted by Gasteiger charge is -2.28. The van der Waals surface area contributed by atoms with E-state index in [1.165, 1.54) is 0 Å². The van der Waals surface area contributed by atoms with Crippen molar-refractivity contribution in [2.75, 3.05) is 6.54 Å². The van der Waals surface area contributed by atoms with Gasteiger partial charge < -0.3 is 38.9 Å². The molecule has 0 aliphatic carbocycles. The lowest BCUT2D eigenvalue weighted by Crippen LogP contribution is -2.59. The molecular formula is C30H44N8O4. The smallest absolute Gasteiger partial charge is 0.243 e. The summed E-state index contributed by atoms with van der Waals surface area (Å²) in [4.78, 5) is 56.0. The van der Waals surface area contributed by atoms with Crippen molar-refractivity contribution in [2.24, 2.45) is 33.8 Å². The first kappa shape index (κ1) is 33.8. The molecule has 0 unspecified atom stereocenters. The van der Waals surface area contributed by atoms with E-state index in [1.54, 1.807) is 0 Å². The van der Waals surface area contributed by atoms with Crippen LogP contribution in [-0.2, 0) is 32.0 Å². The molecule has 0 aromatic heterocycles. The summed E-state index contributed by atoms with van der Waals surface area (Å²) in [5.41, 5.74) is 24.1. The maximum atomic E-state index is 13.6. The van der Waals surface area contributed by atoms with Crippen LogP contribution in [0.3, 0.4) is 0 Å². The molecule has 12 heteroatoms. The van der Waals surface area contributed by atoms with Gasteiger partial charge in [-0.3, -0.25) is 24.2 Å². The second-order valence-electron chi connectivity index (χ2n) is 10.3. The Morgan fingerprint density at radius 3 is 1.83 bits per heavy atom. The third kappa shape index (κ3) is 11.6. The first-order valence-electron chi connectivity index (χ1n) is 14.1. The Morgan fingerprint density at radius 2 is 1.31 bits per heavy atom. The van der Waals surface area contributed by atoms with Crippen molar-refractivity contribution in [1.82, 2.24) is 16.0 Å². The van der Waals surface area contributed by atoms with E-state index in [1.807, 2.05) is 74.5 Å². The number of amides is 4. The Balaban J connectivity index is 2.19. The maximum absolute atomic E-state index is 13.6. The highest BCUT2D eigenvalue weighted by Crippen LogP contribution is 2.12. The number of benzene rings is 2. The van der Waals surface area contributed by atoms with Gasteiger partial charge in [0, 0.05) is 13.0 Å². The lowest BCUT2D eigenvalue weighted by molar-refractivity contribution is -0.134. The number of guanidine groups is 1.